The Kier molecular flexibility index (Phi) is 2.64. The first kappa shape index (κ1) is 12.3. The molecule has 4 nitrogen and oxygen atoms in total. The number of rotatable bonds is 2. The second-order valence-electron chi connectivity index (χ2n) is 5.60. The van der Waals surface area contributed by atoms with Crippen molar-refractivity contribution in [3.8, 4) is 11.3 Å². The quantitative estimate of drug-likeness (QED) is 0.782. The van der Waals surface area contributed by atoms with Crippen molar-refractivity contribution in [2.45, 2.75) is 25.7 Å². The van der Waals surface area contributed by atoms with Crippen LogP contribution in [0.15, 0.2) is 41.5 Å². The summed E-state index contributed by atoms with van der Waals surface area (Å²) in [5.74, 6) is 1.24. The Morgan fingerprint density at radius 2 is 2.10 bits per heavy atom. The van der Waals surface area contributed by atoms with Crippen LogP contribution in [-0.2, 0) is 0 Å². The minimum atomic E-state index is -0.0391. The molecule has 0 saturated heterocycles. The number of aromatic nitrogens is 3. The minimum Gasteiger partial charge on any atom is -0.310 e. The van der Waals surface area contributed by atoms with Crippen molar-refractivity contribution in [2.75, 3.05) is 0 Å². The minimum absolute atomic E-state index is 0.0391. The van der Waals surface area contributed by atoms with Crippen LogP contribution >= 0.6 is 0 Å². The zero-order valence-corrected chi connectivity index (χ0v) is 11.8. The third-order valence-corrected chi connectivity index (χ3v) is 4.07. The normalized spacial score (nSPS) is 14.5. The van der Waals surface area contributed by atoms with E-state index in [1.54, 1.807) is 6.20 Å². The second-order valence-corrected chi connectivity index (χ2v) is 5.60. The monoisotopic (exact) mass is 277 g/mol. The van der Waals surface area contributed by atoms with Gasteiger partial charge in [0, 0.05) is 34.8 Å². The van der Waals surface area contributed by atoms with Crippen molar-refractivity contribution in [3.05, 3.63) is 58.4 Å². The summed E-state index contributed by atoms with van der Waals surface area (Å²) in [7, 11) is 0. The smallest absolute Gasteiger partial charge is 0.254 e. The van der Waals surface area contributed by atoms with Gasteiger partial charge in [-0.25, -0.2) is 4.98 Å². The zero-order chi connectivity index (χ0) is 14.4. The number of hydrogen-bond acceptors (Lipinski definition) is 3. The van der Waals surface area contributed by atoms with E-state index in [1.165, 1.54) is 0 Å². The van der Waals surface area contributed by atoms with Crippen LogP contribution in [0.25, 0.3) is 22.0 Å². The highest BCUT2D eigenvalue weighted by Gasteiger charge is 2.27. The van der Waals surface area contributed by atoms with Gasteiger partial charge in [-0.05, 0) is 31.2 Å². The van der Waals surface area contributed by atoms with Crippen molar-refractivity contribution < 1.29 is 0 Å². The fourth-order valence-corrected chi connectivity index (χ4v) is 2.68. The Balaban J connectivity index is 2.02. The van der Waals surface area contributed by atoms with E-state index in [2.05, 4.69) is 9.97 Å². The highest BCUT2D eigenvalue weighted by atomic mass is 16.1. The van der Waals surface area contributed by atoms with Crippen LogP contribution in [0.3, 0.4) is 0 Å². The number of nitrogens with zero attached hydrogens (tertiary/aromatic N) is 2. The van der Waals surface area contributed by atoms with Gasteiger partial charge in [-0.3, -0.25) is 9.78 Å². The molecule has 0 unspecified atom stereocenters. The number of fused-ring (bicyclic) bond motifs is 1. The van der Waals surface area contributed by atoms with Gasteiger partial charge in [-0.1, -0.05) is 18.2 Å². The van der Waals surface area contributed by atoms with Crippen molar-refractivity contribution in [2.24, 2.45) is 0 Å². The molecule has 0 aliphatic heterocycles. The van der Waals surface area contributed by atoms with Crippen LogP contribution in [0.1, 0.15) is 30.1 Å². The molecule has 1 aliphatic rings. The molecule has 0 radical (unpaired) electrons. The molecule has 0 bridgehead atoms. The van der Waals surface area contributed by atoms with Crippen LogP contribution in [0.2, 0.25) is 0 Å². The van der Waals surface area contributed by atoms with E-state index in [-0.39, 0.29) is 5.56 Å². The van der Waals surface area contributed by atoms with E-state index in [1.807, 2.05) is 37.4 Å². The Bertz CT molecular complexity index is 889. The molecule has 4 rings (SSSR count). The van der Waals surface area contributed by atoms with E-state index < -0.39 is 0 Å². The van der Waals surface area contributed by atoms with Crippen molar-refractivity contribution in [1.29, 1.82) is 0 Å². The van der Waals surface area contributed by atoms with E-state index in [0.29, 0.717) is 11.5 Å². The first-order chi connectivity index (χ1) is 10.2. The van der Waals surface area contributed by atoms with Crippen molar-refractivity contribution >= 4 is 10.8 Å². The summed E-state index contributed by atoms with van der Waals surface area (Å²) < 4.78 is 0. The van der Waals surface area contributed by atoms with Crippen LogP contribution in [0.4, 0.5) is 0 Å². The van der Waals surface area contributed by atoms with Gasteiger partial charge in [0.05, 0.1) is 5.69 Å². The van der Waals surface area contributed by atoms with Gasteiger partial charge in [0.25, 0.3) is 5.56 Å². The number of pyridine rings is 1. The first-order valence-corrected chi connectivity index (χ1v) is 7.18. The summed E-state index contributed by atoms with van der Waals surface area (Å²) in [6.07, 6.45) is 5.84. The second kappa shape index (κ2) is 4.52. The molecule has 1 N–H and O–H groups in total. The Morgan fingerprint density at radius 3 is 2.90 bits per heavy atom. The van der Waals surface area contributed by atoms with Gasteiger partial charge in [-0.2, -0.15) is 0 Å². The lowest BCUT2D eigenvalue weighted by Gasteiger charge is -2.10. The Morgan fingerprint density at radius 1 is 1.24 bits per heavy atom. The summed E-state index contributed by atoms with van der Waals surface area (Å²) >= 11 is 0. The van der Waals surface area contributed by atoms with Gasteiger partial charge in [-0.15, -0.1) is 0 Å². The molecule has 1 aliphatic carbocycles. The van der Waals surface area contributed by atoms with Gasteiger partial charge in [0.2, 0.25) is 0 Å². The van der Waals surface area contributed by atoms with Gasteiger partial charge in [0.1, 0.15) is 5.82 Å². The van der Waals surface area contributed by atoms with Crippen LogP contribution in [0, 0.1) is 6.92 Å². The third-order valence-electron chi connectivity index (χ3n) is 4.07. The molecule has 21 heavy (non-hydrogen) atoms. The number of nitrogens with one attached hydrogen (secondary N) is 1. The molecule has 0 amide bonds. The lowest BCUT2D eigenvalue weighted by Crippen LogP contribution is -2.15. The van der Waals surface area contributed by atoms with E-state index in [0.717, 1.165) is 40.7 Å². The van der Waals surface area contributed by atoms with Gasteiger partial charge < -0.3 is 4.98 Å². The van der Waals surface area contributed by atoms with Gasteiger partial charge in [0.15, 0.2) is 0 Å². The predicted molar refractivity (Wildman–Crippen MR) is 82.3 cm³/mol. The van der Waals surface area contributed by atoms with Crippen molar-refractivity contribution in [3.63, 3.8) is 0 Å². The lowest BCUT2D eigenvalue weighted by atomic mass is 10.0. The van der Waals surface area contributed by atoms with Crippen LogP contribution in [-0.4, -0.2) is 15.0 Å². The summed E-state index contributed by atoms with van der Waals surface area (Å²) in [4.78, 5) is 24.0. The molecule has 4 heteroatoms. The number of hydrogen-bond donors (Lipinski definition) is 1. The molecular weight excluding hydrogens is 262 g/mol. The van der Waals surface area contributed by atoms with Crippen LogP contribution < -0.4 is 5.56 Å². The molecule has 2 aromatic heterocycles. The largest absolute Gasteiger partial charge is 0.310 e. The highest BCUT2D eigenvalue weighted by Crippen LogP contribution is 2.38. The number of H-pyrrole nitrogens is 1. The number of benzene rings is 1. The number of aromatic amines is 1. The average molecular weight is 277 g/mol. The molecule has 1 aromatic carbocycles. The summed E-state index contributed by atoms with van der Waals surface area (Å²) in [5, 5.41) is 2.14. The molecule has 2 heterocycles. The topological polar surface area (TPSA) is 58.6 Å². The molecule has 1 fully saturated rings. The predicted octanol–water partition coefficient (Wildman–Crippen LogP) is 3.17. The standard InChI is InChI=1S/C17H15N3O/c1-10-15(19-16(12-5-6-12)20-17(10)21)13-4-2-3-11-7-8-18-9-14(11)13/h2-4,7-9,12H,5-6H2,1H3,(H,19,20,21). The first-order valence-electron chi connectivity index (χ1n) is 7.18. The molecule has 3 aromatic rings. The SMILES string of the molecule is Cc1c(-c2cccc3ccncc23)nc(C2CC2)[nH]c1=O. The molecular formula is C17H15N3O. The Labute approximate surface area is 121 Å². The summed E-state index contributed by atoms with van der Waals surface area (Å²) in [6, 6.07) is 8.03. The summed E-state index contributed by atoms with van der Waals surface area (Å²) in [5.41, 5.74) is 2.38. The van der Waals surface area contributed by atoms with E-state index >= 15 is 0 Å². The Hall–Kier alpha value is -2.49. The van der Waals surface area contributed by atoms with Crippen molar-refractivity contribution in [1.82, 2.24) is 15.0 Å². The molecule has 0 atom stereocenters. The maximum atomic E-state index is 12.2. The maximum absolute atomic E-state index is 12.2. The van der Waals surface area contributed by atoms with Gasteiger partial charge >= 0.3 is 0 Å². The summed E-state index contributed by atoms with van der Waals surface area (Å²) in [6.45, 7) is 1.83. The maximum Gasteiger partial charge on any atom is 0.254 e. The molecule has 1 saturated carbocycles. The highest BCUT2D eigenvalue weighted by molar-refractivity contribution is 5.95. The average Bonchev–Trinajstić information content (AvgIpc) is 3.34. The third kappa shape index (κ3) is 2.03. The van der Waals surface area contributed by atoms with E-state index in [9.17, 15) is 4.79 Å². The van der Waals surface area contributed by atoms with Crippen LogP contribution in [0.5, 0.6) is 0 Å². The lowest BCUT2D eigenvalue weighted by molar-refractivity contribution is 0.901. The van der Waals surface area contributed by atoms with E-state index in [4.69, 9.17) is 4.98 Å². The fourth-order valence-electron chi connectivity index (χ4n) is 2.68. The zero-order valence-electron chi connectivity index (χ0n) is 11.8. The fraction of sp³-hybridized carbons (Fsp3) is 0.235. The molecule has 104 valence electrons. The molecule has 0 spiro atoms.